The van der Waals surface area contributed by atoms with Crippen molar-refractivity contribution in [3.63, 3.8) is 0 Å². The number of para-hydroxylation sites is 1. The first-order valence-electron chi connectivity index (χ1n) is 6.57. The maximum absolute atomic E-state index is 11.9. The number of nitrogens with zero attached hydrogens (tertiary/aromatic N) is 1. The van der Waals surface area contributed by atoms with Crippen molar-refractivity contribution >= 4 is 17.3 Å². The molecule has 98 valence electrons. The number of amides is 1. The van der Waals surface area contributed by atoms with Crippen molar-refractivity contribution in [1.29, 1.82) is 0 Å². The molecule has 1 N–H and O–H groups in total. The summed E-state index contributed by atoms with van der Waals surface area (Å²) < 4.78 is 0. The summed E-state index contributed by atoms with van der Waals surface area (Å²) in [6.45, 7) is 9.92. The predicted molar refractivity (Wildman–Crippen MR) is 76.3 cm³/mol. The molecule has 2 rings (SSSR count). The molecule has 0 saturated carbocycles. The first-order valence-corrected chi connectivity index (χ1v) is 6.57. The zero-order valence-corrected chi connectivity index (χ0v) is 11.7. The predicted octanol–water partition coefficient (Wildman–Crippen LogP) is 3.15. The maximum Gasteiger partial charge on any atom is 0.223 e. The molecule has 0 radical (unpaired) electrons. The Labute approximate surface area is 109 Å². The highest BCUT2D eigenvalue weighted by molar-refractivity contribution is 5.97. The molecule has 1 aromatic rings. The molecule has 0 aromatic heterocycles. The quantitative estimate of drug-likeness (QED) is 0.762. The van der Waals surface area contributed by atoms with E-state index in [4.69, 9.17) is 0 Å². The van der Waals surface area contributed by atoms with Crippen LogP contribution >= 0.6 is 0 Å². The van der Waals surface area contributed by atoms with Gasteiger partial charge in [0.1, 0.15) is 0 Å². The van der Waals surface area contributed by atoms with Gasteiger partial charge in [-0.25, -0.2) is 0 Å². The Morgan fingerprint density at radius 1 is 1.33 bits per heavy atom. The average molecular weight is 246 g/mol. The number of carbonyl (C=O) groups excluding carboxylic acids is 1. The van der Waals surface area contributed by atoms with Gasteiger partial charge >= 0.3 is 0 Å². The summed E-state index contributed by atoms with van der Waals surface area (Å²) in [5.41, 5.74) is 3.40. The van der Waals surface area contributed by atoms with Crippen LogP contribution in [0.4, 0.5) is 11.4 Å². The van der Waals surface area contributed by atoms with Crippen LogP contribution in [-0.4, -0.2) is 19.0 Å². The normalized spacial score (nSPS) is 15.7. The SMILES string of the molecule is CC(=O)N1CCCNc2cccc(C(C)(C)C)c21. The van der Waals surface area contributed by atoms with Crippen molar-refractivity contribution in [2.75, 3.05) is 23.3 Å². The average Bonchev–Trinajstić information content (AvgIpc) is 2.48. The second-order valence-corrected chi connectivity index (χ2v) is 5.90. The summed E-state index contributed by atoms with van der Waals surface area (Å²) in [5.74, 6) is 0.122. The third kappa shape index (κ3) is 2.35. The Balaban J connectivity index is 2.62. The van der Waals surface area contributed by atoms with E-state index in [0.29, 0.717) is 0 Å². The molecular weight excluding hydrogens is 224 g/mol. The Bertz CT molecular complexity index is 460. The first kappa shape index (κ1) is 12.9. The standard InChI is InChI=1S/C15H22N2O/c1-11(18)17-10-6-9-16-13-8-5-7-12(14(13)17)15(2,3)4/h5,7-8,16H,6,9-10H2,1-4H3. The zero-order chi connectivity index (χ0) is 13.3. The van der Waals surface area contributed by atoms with E-state index < -0.39 is 0 Å². The number of nitrogens with one attached hydrogen (secondary N) is 1. The van der Waals surface area contributed by atoms with Crippen molar-refractivity contribution < 1.29 is 4.79 Å². The van der Waals surface area contributed by atoms with Crippen LogP contribution in [-0.2, 0) is 10.2 Å². The smallest absolute Gasteiger partial charge is 0.223 e. The lowest BCUT2D eigenvalue weighted by Crippen LogP contribution is -2.31. The number of anilines is 2. The fourth-order valence-electron chi connectivity index (χ4n) is 2.47. The molecule has 0 saturated heterocycles. The summed E-state index contributed by atoms with van der Waals surface area (Å²) in [6, 6.07) is 6.25. The molecule has 0 unspecified atom stereocenters. The van der Waals surface area contributed by atoms with Gasteiger partial charge in [-0.05, 0) is 23.5 Å². The van der Waals surface area contributed by atoms with Gasteiger partial charge in [-0.3, -0.25) is 4.79 Å². The van der Waals surface area contributed by atoms with Gasteiger partial charge in [0, 0.05) is 20.0 Å². The van der Waals surface area contributed by atoms with Crippen molar-refractivity contribution in [3.05, 3.63) is 23.8 Å². The number of rotatable bonds is 0. The third-order valence-corrected chi connectivity index (χ3v) is 3.37. The summed E-state index contributed by atoms with van der Waals surface area (Å²) in [4.78, 5) is 13.8. The number of hydrogen-bond donors (Lipinski definition) is 1. The topological polar surface area (TPSA) is 32.3 Å². The van der Waals surface area contributed by atoms with Gasteiger partial charge in [0.25, 0.3) is 0 Å². The summed E-state index contributed by atoms with van der Waals surface area (Å²) in [7, 11) is 0. The molecule has 1 aromatic carbocycles. The van der Waals surface area contributed by atoms with Gasteiger partial charge in [-0.2, -0.15) is 0 Å². The van der Waals surface area contributed by atoms with Crippen molar-refractivity contribution in [1.82, 2.24) is 0 Å². The van der Waals surface area contributed by atoms with Crippen LogP contribution in [0, 0.1) is 0 Å². The minimum Gasteiger partial charge on any atom is -0.383 e. The van der Waals surface area contributed by atoms with E-state index in [0.717, 1.165) is 30.9 Å². The zero-order valence-electron chi connectivity index (χ0n) is 11.7. The molecule has 1 aliphatic heterocycles. The molecule has 0 atom stereocenters. The van der Waals surface area contributed by atoms with Crippen LogP contribution < -0.4 is 10.2 Å². The number of benzene rings is 1. The van der Waals surface area contributed by atoms with Gasteiger partial charge in [0.15, 0.2) is 0 Å². The Morgan fingerprint density at radius 3 is 2.67 bits per heavy atom. The van der Waals surface area contributed by atoms with E-state index in [2.05, 4.69) is 44.3 Å². The van der Waals surface area contributed by atoms with E-state index >= 15 is 0 Å². The lowest BCUT2D eigenvalue weighted by molar-refractivity contribution is -0.116. The molecule has 1 heterocycles. The summed E-state index contributed by atoms with van der Waals surface area (Å²) in [5, 5.41) is 3.43. The van der Waals surface area contributed by atoms with Gasteiger partial charge in [-0.15, -0.1) is 0 Å². The van der Waals surface area contributed by atoms with E-state index in [1.54, 1.807) is 6.92 Å². The van der Waals surface area contributed by atoms with Crippen LogP contribution in [0.25, 0.3) is 0 Å². The summed E-state index contributed by atoms with van der Waals surface area (Å²) in [6.07, 6.45) is 0.984. The number of fused-ring (bicyclic) bond motifs is 1. The minimum absolute atomic E-state index is 0.0328. The largest absolute Gasteiger partial charge is 0.383 e. The maximum atomic E-state index is 11.9. The van der Waals surface area contributed by atoms with Crippen LogP contribution in [0.5, 0.6) is 0 Å². The fourth-order valence-corrected chi connectivity index (χ4v) is 2.47. The molecule has 18 heavy (non-hydrogen) atoms. The van der Waals surface area contributed by atoms with Gasteiger partial charge in [0.2, 0.25) is 5.91 Å². The minimum atomic E-state index is 0.0328. The van der Waals surface area contributed by atoms with E-state index in [-0.39, 0.29) is 11.3 Å². The molecular formula is C15H22N2O. The van der Waals surface area contributed by atoms with Crippen LogP contribution in [0.15, 0.2) is 18.2 Å². The summed E-state index contributed by atoms with van der Waals surface area (Å²) >= 11 is 0. The van der Waals surface area contributed by atoms with Crippen LogP contribution in [0.1, 0.15) is 39.7 Å². The van der Waals surface area contributed by atoms with Gasteiger partial charge in [0.05, 0.1) is 11.4 Å². The Hall–Kier alpha value is -1.51. The second-order valence-electron chi connectivity index (χ2n) is 5.90. The monoisotopic (exact) mass is 246 g/mol. The molecule has 0 spiro atoms. The fraction of sp³-hybridized carbons (Fsp3) is 0.533. The Kier molecular flexibility index (Phi) is 3.33. The highest BCUT2D eigenvalue weighted by Crippen LogP contribution is 2.38. The molecule has 3 nitrogen and oxygen atoms in total. The highest BCUT2D eigenvalue weighted by Gasteiger charge is 2.26. The van der Waals surface area contributed by atoms with Crippen molar-refractivity contribution in [2.24, 2.45) is 0 Å². The van der Waals surface area contributed by atoms with Gasteiger partial charge in [-0.1, -0.05) is 32.9 Å². The molecule has 0 aliphatic carbocycles. The molecule has 0 fully saturated rings. The molecule has 0 bridgehead atoms. The molecule has 3 heteroatoms. The van der Waals surface area contributed by atoms with Crippen LogP contribution in [0.3, 0.4) is 0 Å². The molecule has 1 aliphatic rings. The van der Waals surface area contributed by atoms with E-state index in [1.165, 1.54) is 5.56 Å². The van der Waals surface area contributed by atoms with Gasteiger partial charge < -0.3 is 10.2 Å². The van der Waals surface area contributed by atoms with E-state index in [9.17, 15) is 4.79 Å². The first-order chi connectivity index (χ1) is 8.41. The lowest BCUT2D eigenvalue weighted by Gasteiger charge is -2.30. The Morgan fingerprint density at radius 2 is 2.06 bits per heavy atom. The van der Waals surface area contributed by atoms with Crippen molar-refractivity contribution in [3.8, 4) is 0 Å². The number of carbonyl (C=O) groups is 1. The second kappa shape index (κ2) is 4.63. The third-order valence-electron chi connectivity index (χ3n) is 3.37. The van der Waals surface area contributed by atoms with E-state index in [1.807, 2.05) is 4.90 Å². The lowest BCUT2D eigenvalue weighted by atomic mass is 9.85. The molecule has 1 amide bonds. The van der Waals surface area contributed by atoms with Crippen molar-refractivity contribution in [2.45, 2.75) is 39.5 Å². The number of hydrogen-bond acceptors (Lipinski definition) is 2. The highest BCUT2D eigenvalue weighted by atomic mass is 16.2. The van der Waals surface area contributed by atoms with Crippen LogP contribution in [0.2, 0.25) is 0 Å².